The van der Waals surface area contributed by atoms with E-state index in [9.17, 15) is 29.0 Å². The summed E-state index contributed by atoms with van der Waals surface area (Å²) in [5.41, 5.74) is -1.13. The molecule has 4 atom stereocenters. The van der Waals surface area contributed by atoms with Crippen molar-refractivity contribution in [3.05, 3.63) is 29.8 Å². The summed E-state index contributed by atoms with van der Waals surface area (Å²) < 4.78 is 72.1. The average molecular weight is 570 g/mol. The number of carboxylic acid groups (broad SMARTS) is 1. The molecule has 0 radical (unpaired) electrons. The zero-order valence-electron chi connectivity index (χ0n) is 21.6. The first kappa shape index (κ1) is 29.0. The highest BCUT2D eigenvalue weighted by Gasteiger charge is 2.65. The molecule has 1 aliphatic carbocycles. The molecule has 0 spiro atoms. The van der Waals surface area contributed by atoms with Gasteiger partial charge in [0.05, 0.1) is 13.0 Å². The number of nitrogens with one attached hydrogen (secondary N) is 1. The van der Waals surface area contributed by atoms with E-state index in [1.54, 1.807) is 0 Å². The Hall–Kier alpha value is -1.96. The van der Waals surface area contributed by atoms with Crippen LogP contribution in [0.5, 0.6) is 0 Å². The van der Waals surface area contributed by atoms with Gasteiger partial charge in [0.2, 0.25) is 0 Å². The van der Waals surface area contributed by atoms with Crippen LogP contribution in [0.25, 0.3) is 0 Å². The standard InChI is InChI=1S/C25H36F5N3O4S/c1-17(12-23(34)35)33-11-10-32(15-18(33)2)21-8-9-25(37-16-21,20-6-7-20)24(36)31-14-19-4-3-5-22(13-19)38(26,27,28,29)30/h3-5,13,17-18,20-21H,6-12,14-16H2,1-2H3,(H,31,36)(H,34,35)/t17-,18-,21+,25-/m0/s1. The molecule has 1 aromatic carbocycles. The fourth-order valence-electron chi connectivity index (χ4n) is 5.89. The van der Waals surface area contributed by atoms with E-state index >= 15 is 0 Å². The minimum Gasteiger partial charge on any atom is -0.481 e. The van der Waals surface area contributed by atoms with Crippen LogP contribution in [0.15, 0.2) is 29.2 Å². The highest BCUT2D eigenvalue weighted by atomic mass is 32.5. The molecule has 1 saturated carbocycles. The fourth-order valence-corrected chi connectivity index (χ4v) is 6.60. The van der Waals surface area contributed by atoms with E-state index in [2.05, 4.69) is 22.0 Å². The van der Waals surface area contributed by atoms with Crippen molar-refractivity contribution in [2.75, 3.05) is 26.2 Å². The zero-order valence-corrected chi connectivity index (χ0v) is 22.4. The van der Waals surface area contributed by atoms with E-state index in [1.165, 1.54) is 6.07 Å². The highest BCUT2D eigenvalue weighted by Crippen LogP contribution is 3.02. The number of halogens is 5. The molecule has 0 aromatic heterocycles. The Bertz CT molecular complexity index is 1060. The smallest absolute Gasteiger partial charge is 0.310 e. The second kappa shape index (κ2) is 9.60. The SMILES string of the molecule is C[C@@H](CC(=O)O)N1CCN([C@@H]2CC[C@@](C(=O)NCc3cccc(S(F)(F)(F)(F)F)c3)(C3CC3)OC2)C[C@@H]1C. The lowest BCUT2D eigenvalue weighted by Gasteiger charge is -2.48. The van der Waals surface area contributed by atoms with Gasteiger partial charge in [-0.1, -0.05) is 31.6 Å². The first-order valence-corrected chi connectivity index (χ1v) is 14.9. The van der Waals surface area contributed by atoms with Crippen LogP contribution in [0.3, 0.4) is 0 Å². The van der Waals surface area contributed by atoms with Gasteiger partial charge in [0.15, 0.2) is 0 Å². The Balaban J connectivity index is 1.35. The van der Waals surface area contributed by atoms with Gasteiger partial charge in [-0.3, -0.25) is 19.4 Å². The molecule has 216 valence electrons. The van der Waals surface area contributed by atoms with Crippen LogP contribution >= 0.6 is 10.2 Å². The minimum absolute atomic E-state index is 0.0205. The molecule has 1 aromatic rings. The van der Waals surface area contributed by atoms with Crippen molar-refractivity contribution in [3.8, 4) is 0 Å². The minimum atomic E-state index is -9.81. The van der Waals surface area contributed by atoms with Gasteiger partial charge in [-0.05, 0) is 63.1 Å². The topological polar surface area (TPSA) is 82.1 Å². The second-order valence-corrected chi connectivity index (χ2v) is 13.4. The van der Waals surface area contributed by atoms with Crippen molar-refractivity contribution in [3.63, 3.8) is 0 Å². The van der Waals surface area contributed by atoms with Crippen molar-refractivity contribution in [1.82, 2.24) is 15.1 Å². The molecule has 2 N–H and O–H groups in total. The van der Waals surface area contributed by atoms with Gasteiger partial charge in [0.1, 0.15) is 10.5 Å². The molecule has 13 heteroatoms. The van der Waals surface area contributed by atoms with Gasteiger partial charge < -0.3 is 15.2 Å². The summed E-state index contributed by atoms with van der Waals surface area (Å²) in [6, 6.07) is 3.12. The van der Waals surface area contributed by atoms with E-state index in [-0.39, 0.29) is 42.6 Å². The summed E-state index contributed by atoms with van der Waals surface area (Å²) in [5.74, 6) is -1.22. The Morgan fingerprint density at radius 3 is 2.45 bits per heavy atom. The molecule has 4 rings (SSSR count). The molecule has 2 saturated heterocycles. The number of ether oxygens (including phenoxy) is 1. The van der Waals surface area contributed by atoms with Crippen molar-refractivity contribution < 1.29 is 38.9 Å². The van der Waals surface area contributed by atoms with Crippen LogP contribution < -0.4 is 5.32 Å². The van der Waals surface area contributed by atoms with Gasteiger partial charge in [-0.2, -0.15) is 0 Å². The number of aliphatic carboxylic acids is 1. The van der Waals surface area contributed by atoms with Crippen LogP contribution in [0.4, 0.5) is 19.4 Å². The number of carboxylic acids is 1. The van der Waals surface area contributed by atoms with Crippen molar-refractivity contribution in [2.45, 2.75) is 81.1 Å². The third kappa shape index (κ3) is 6.60. The number of carbonyl (C=O) groups excluding carboxylic acids is 1. The molecule has 1 amide bonds. The maximum Gasteiger partial charge on any atom is 0.310 e. The lowest BCUT2D eigenvalue weighted by Crippen LogP contribution is -2.61. The van der Waals surface area contributed by atoms with Gasteiger partial charge in [-0.15, -0.1) is 0 Å². The molecule has 7 nitrogen and oxygen atoms in total. The molecule has 3 fully saturated rings. The normalized spacial score (nSPS) is 30.2. The summed E-state index contributed by atoms with van der Waals surface area (Å²) in [4.78, 5) is 26.9. The van der Waals surface area contributed by atoms with Crippen LogP contribution in [0, 0.1) is 5.92 Å². The summed E-state index contributed by atoms with van der Waals surface area (Å²) in [7, 11) is -9.81. The van der Waals surface area contributed by atoms with E-state index in [0.717, 1.165) is 38.5 Å². The number of hydrogen-bond donors (Lipinski definition) is 2. The summed E-state index contributed by atoms with van der Waals surface area (Å²) >= 11 is 0. The number of piperazine rings is 1. The van der Waals surface area contributed by atoms with Crippen LogP contribution in [-0.2, 0) is 20.9 Å². The Kier molecular flexibility index (Phi) is 7.33. The third-order valence-corrected chi connectivity index (χ3v) is 9.21. The largest absolute Gasteiger partial charge is 0.481 e. The predicted molar refractivity (Wildman–Crippen MR) is 134 cm³/mol. The van der Waals surface area contributed by atoms with Gasteiger partial charge >= 0.3 is 16.2 Å². The van der Waals surface area contributed by atoms with E-state index in [1.807, 2.05) is 6.92 Å². The van der Waals surface area contributed by atoms with Crippen LogP contribution in [0.1, 0.15) is 51.5 Å². The first-order chi connectivity index (χ1) is 17.5. The molecule has 38 heavy (non-hydrogen) atoms. The van der Waals surface area contributed by atoms with E-state index in [0.29, 0.717) is 31.6 Å². The number of rotatable bonds is 9. The predicted octanol–water partition coefficient (Wildman–Crippen LogP) is 5.16. The van der Waals surface area contributed by atoms with E-state index < -0.39 is 32.6 Å². The maximum absolute atomic E-state index is 13.3. The highest BCUT2D eigenvalue weighted by molar-refractivity contribution is 8.45. The second-order valence-electron chi connectivity index (χ2n) is 11.0. The monoisotopic (exact) mass is 569 g/mol. The van der Waals surface area contributed by atoms with Crippen LogP contribution in [0.2, 0.25) is 0 Å². The number of nitrogens with zero attached hydrogens (tertiary/aromatic N) is 2. The summed E-state index contributed by atoms with van der Waals surface area (Å²) in [5, 5.41) is 11.7. The number of hydrogen-bond acceptors (Lipinski definition) is 5. The Labute approximate surface area is 219 Å². The molecular formula is C25H36F5N3O4S. The lowest BCUT2D eigenvalue weighted by molar-refractivity contribution is -0.166. The van der Waals surface area contributed by atoms with Crippen molar-refractivity contribution in [1.29, 1.82) is 0 Å². The maximum atomic E-state index is 13.3. The number of benzene rings is 1. The molecule has 0 bridgehead atoms. The van der Waals surface area contributed by atoms with E-state index in [4.69, 9.17) is 9.84 Å². The third-order valence-electron chi connectivity index (χ3n) is 8.06. The lowest BCUT2D eigenvalue weighted by atomic mass is 9.85. The molecule has 2 aliphatic heterocycles. The number of amides is 1. The fraction of sp³-hybridized carbons (Fsp3) is 0.680. The Morgan fingerprint density at radius 2 is 1.89 bits per heavy atom. The zero-order chi connectivity index (χ0) is 28.0. The van der Waals surface area contributed by atoms with Crippen molar-refractivity contribution in [2.24, 2.45) is 5.92 Å². The van der Waals surface area contributed by atoms with Crippen molar-refractivity contribution >= 4 is 22.1 Å². The van der Waals surface area contributed by atoms with Crippen LogP contribution in [-0.4, -0.2) is 76.8 Å². The quantitative estimate of drug-likeness (QED) is 0.400. The molecule has 3 aliphatic rings. The van der Waals surface area contributed by atoms with Gasteiger partial charge in [-0.25, -0.2) is 0 Å². The molecule has 2 heterocycles. The summed E-state index contributed by atoms with van der Waals surface area (Å²) in [6.45, 7) is 6.26. The first-order valence-electron chi connectivity index (χ1n) is 13.0. The molecular weight excluding hydrogens is 533 g/mol. The molecule has 0 unspecified atom stereocenters. The summed E-state index contributed by atoms with van der Waals surface area (Å²) in [6.07, 6.45) is 2.88. The van der Waals surface area contributed by atoms with Gasteiger partial charge in [0, 0.05) is 44.3 Å². The average Bonchev–Trinajstić information content (AvgIpc) is 3.67. The number of carbonyl (C=O) groups is 2. The van der Waals surface area contributed by atoms with Gasteiger partial charge in [0.25, 0.3) is 5.91 Å². The Morgan fingerprint density at radius 1 is 1.18 bits per heavy atom.